The van der Waals surface area contributed by atoms with E-state index in [0.717, 1.165) is 26.6 Å². The standard InChI is InChI=1S/C25H23N3OS/c26-16-20(15-18-9-3-1-4-10-18)28-24(29)21-13-7-8-14-22(21)25-27-17-23(30-25)19-11-5-2-6-12-19/h1-14,17,20H,15-16,26H2,(H,28,29)/t20-/m1/s1. The highest BCUT2D eigenvalue weighted by Gasteiger charge is 2.18. The van der Waals surface area contributed by atoms with Gasteiger partial charge in [0, 0.05) is 29.9 Å². The second-order valence-electron chi connectivity index (χ2n) is 7.04. The van der Waals surface area contributed by atoms with Crippen LogP contribution in [-0.4, -0.2) is 23.5 Å². The molecule has 5 heteroatoms. The third-order valence-electron chi connectivity index (χ3n) is 4.91. The lowest BCUT2D eigenvalue weighted by Gasteiger charge is -2.18. The second-order valence-corrected chi connectivity index (χ2v) is 8.07. The third-order valence-corrected chi connectivity index (χ3v) is 5.99. The highest BCUT2D eigenvalue weighted by molar-refractivity contribution is 7.18. The van der Waals surface area contributed by atoms with Crippen LogP contribution >= 0.6 is 11.3 Å². The maximum Gasteiger partial charge on any atom is 0.252 e. The van der Waals surface area contributed by atoms with E-state index in [4.69, 9.17) is 5.73 Å². The highest BCUT2D eigenvalue weighted by atomic mass is 32.1. The maximum atomic E-state index is 13.1. The predicted octanol–water partition coefficient (Wildman–Crippen LogP) is 4.78. The summed E-state index contributed by atoms with van der Waals surface area (Å²) >= 11 is 1.58. The Morgan fingerprint density at radius 1 is 0.933 bits per heavy atom. The van der Waals surface area contributed by atoms with Crippen LogP contribution < -0.4 is 11.1 Å². The van der Waals surface area contributed by atoms with Gasteiger partial charge in [0.1, 0.15) is 5.01 Å². The Labute approximate surface area is 180 Å². The molecular formula is C25H23N3OS. The molecule has 0 fully saturated rings. The van der Waals surface area contributed by atoms with Gasteiger partial charge < -0.3 is 11.1 Å². The molecule has 3 N–H and O–H groups in total. The highest BCUT2D eigenvalue weighted by Crippen LogP contribution is 2.33. The van der Waals surface area contributed by atoms with Crippen LogP contribution in [0.25, 0.3) is 21.0 Å². The number of thiazole rings is 1. The van der Waals surface area contributed by atoms with Crippen LogP contribution in [-0.2, 0) is 6.42 Å². The van der Waals surface area contributed by atoms with E-state index in [0.29, 0.717) is 18.5 Å². The van der Waals surface area contributed by atoms with Crippen molar-refractivity contribution in [1.82, 2.24) is 10.3 Å². The van der Waals surface area contributed by atoms with Gasteiger partial charge in [-0.2, -0.15) is 0 Å². The van der Waals surface area contributed by atoms with Crippen molar-refractivity contribution in [3.05, 3.63) is 102 Å². The minimum absolute atomic E-state index is 0.131. The Bertz CT molecular complexity index is 1110. The number of carbonyl (C=O) groups excluding carboxylic acids is 1. The normalized spacial score (nSPS) is 11.8. The van der Waals surface area contributed by atoms with Gasteiger partial charge in [0.15, 0.2) is 0 Å². The van der Waals surface area contributed by atoms with Crippen LogP contribution in [0.2, 0.25) is 0 Å². The molecule has 0 aliphatic carbocycles. The number of hydrogen-bond donors (Lipinski definition) is 2. The zero-order chi connectivity index (χ0) is 20.8. The first-order valence-corrected chi connectivity index (χ1v) is 10.7. The molecule has 0 saturated heterocycles. The second kappa shape index (κ2) is 9.48. The minimum Gasteiger partial charge on any atom is -0.348 e. The molecule has 1 heterocycles. The van der Waals surface area contributed by atoms with Gasteiger partial charge in [-0.15, -0.1) is 11.3 Å². The van der Waals surface area contributed by atoms with Crippen LogP contribution in [0.3, 0.4) is 0 Å². The molecule has 0 bridgehead atoms. The average Bonchev–Trinajstić information content (AvgIpc) is 3.30. The molecule has 150 valence electrons. The lowest BCUT2D eigenvalue weighted by Crippen LogP contribution is -2.41. The molecule has 1 atom stereocenters. The van der Waals surface area contributed by atoms with Gasteiger partial charge in [0.25, 0.3) is 5.91 Å². The van der Waals surface area contributed by atoms with Gasteiger partial charge in [0.05, 0.1) is 4.88 Å². The quantitative estimate of drug-likeness (QED) is 0.458. The van der Waals surface area contributed by atoms with Crippen molar-refractivity contribution in [2.45, 2.75) is 12.5 Å². The summed E-state index contributed by atoms with van der Waals surface area (Å²) in [6, 6.07) is 27.6. The Morgan fingerprint density at radius 3 is 2.33 bits per heavy atom. The summed E-state index contributed by atoms with van der Waals surface area (Å²) < 4.78 is 0. The van der Waals surface area contributed by atoms with Gasteiger partial charge in [-0.1, -0.05) is 78.9 Å². The molecule has 4 aromatic rings. The van der Waals surface area contributed by atoms with Crippen LogP contribution in [0.1, 0.15) is 15.9 Å². The first kappa shape index (κ1) is 20.0. The predicted molar refractivity (Wildman–Crippen MR) is 123 cm³/mol. The van der Waals surface area contributed by atoms with Gasteiger partial charge in [-0.05, 0) is 23.6 Å². The lowest BCUT2D eigenvalue weighted by atomic mass is 10.0. The van der Waals surface area contributed by atoms with E-state index in [-0.39, 0.29) is 11.9 Å². The maximum absolute atomic E-state index is 13.1. The van der Waals surface area contributed by atoms with E-state index < -0.39 is 0 Å². The Hall–Kier alpha value is -3.28. The molecule has 3 aromatic carbocycles. The number of amides is 1. The number of nitrogens with zero attached hydrogens (tertiary/aromatic N) is 1. The Kier molecular flexibility index (Phi) is 6.32. The van der Waals surface area contributed by atoms with E-state index in [1.54, 1.807) is 11.3 Å². The van der Waals surface area contributed by atoms with Crippen molar-refractivity contribution < 1.29 is 4.79 Å². The fourth-order valence-corrected chi connectivity index (χ4v) is 4.32. The first-order valence-electron chi connectivity index (χ1n) is 9.90. The van der Waals surface area contributed by atoms with Crippen LogP contribution in [0.15, 0.2) is 91.1 Å². The summed E-state index contributed by atoms with van der Waals surface area (Å²) in [5, 5.41) is 3.92. The molecule has 0 saturated carbocycles. The van der Waals surface area contributed by atoms with E-state index in [9.17, 15) is 4.79 Å². The number of rotatable bonds is 7. The van der Waals surface area contributed by atoms with E-state index in [2.05, 4.69) is 22.4 Å². The average molecular weight is 414 g/mol. The van der Waals surface area contributed by atoms with E-state index >= 15 is 0 Å². The molecule has 0 spiro atoms. The van der Waals surface area contributed by atoms with Crippen molar-refractivity contribution in [3.63, 3.8) is 0 Å². The third kappa shape index (κ3) is 4.64. The zero-order valence-electron chi connectivity index (χ0n) is 16.5. The Balaban J connectivity index is 1.56. The van der Waals surface area contributed by atoms with Crippen molar-refractivity contribution in [3.8, 4) is 21.0 Å². The Morgan fingerprint density at radius 2 is 1.60 bits per heavy atom. The molecule has 4 nitrogen and oxygen atoms in total. The molecule has 0 radical (unpaired) electrons. The molecule has 0 aliphatic heterocycles. The molecule has 1 amide bonds. The summed E-state index contributed by atoms with van der Waals surface area (Å²) in [6.07, 6.45) is 2.56. The topological polar surface area (TPSA) is 68.0 Å². The summed E-state index contributed by atoms with van der Waals surface area (Å²) in [5.74, 6) is -0.131. The smallest absolute Gasteiger partial charge is 0.252 e. The van der Waals surface area contributed by atoms with Crippen LogP contribution in [0, 0.1) is 0 Å². The molecular weight excluding hydrogens is 390 g/mol. The summed E-state index contributed by atoms with van der Waals surface area (Å²) in [4.78, 5) is 18.7. The number of carbonyl (C=O) groups is 1. The van der Waals surface area contributed by atoms with Crippen LogP contribution in [0.4, 0.5) is 0 Å². The first-order chi connectivity index (χ1) is 14.7. The van der Waals surface area contributed by atoms with Gasteiger partial charge >= 0.3 is 0 Å². The lowest BCUT2D eigenvalue weighted by molar-refractivity contribution is 0.0938. The van der Waals surface area contributed by atoms with E-state index in [1.807, 2.05) is 79.0 Å². The van der Waals surface area contributed by atoms with Gasteiger partial charge in [-0.25, -0.2) is 4.98 Å². The number of benzene rings is 3. The van der Waals surface area contributed by atoms with Crippen molar-refractivity contribution >= 4 is 17.2 Å². The van der Waals surface area contributed by atoms with Gasteiger partial charge in [0.2, 0.25) is 0 Å². The number of hydrogen-bond acceptors (Lipinski definition) is 4. The van der Waals surface area contributed by atoms with Gasteiger partial charge in [-0.3, -0.25) is 4.79 Å². The SMILES string of the molecule is NC[C@@H](Cc1ccccc1)NC(=O)c1ccccc1-c1ncc(-c2ccccc2)s1. The molecule has 30 heavy (non-hydrogen) atoms. The largest absolute Gasteiger partial charge is 0.348 e. The molecule has 0 aliphatic rings. The number of nitrogens with one attached hydrogen (secondary N) is 1. The monoisotopic (exact) mass is 413 g/mol. The molecule has 1 aromatic heterocycles. The van der Waals surface area contributed by atoms with Crippen molar-refractivity contribution in [2.75, 3.05) is 6.54 Å². The fraction of sp³-hybridized carbons (Fsp3) is 0.120. The fourth-order valence-electron chi connectivity index (χ4n) is 3.36. The molecule has 4 rings (SSSR count). The summed E-state index contributed by atoms with van der Waals surface area (Å²) in [7, 11) is 0. The minimum atomic E-state index is -0.135. The number of nitrogens with two attached hydrogens (primary N) is 1. The summed E-state index contributed by atoms with van der Waals surface area (Å²) in [5.41, 5.74) is 9.65. The zero-order valence-corrected chi connectivity index (χ0v) is 17.3. The summed E-state index contributed by atoms with van der Waals surface area (Å²) in [6.45, 7) is 0.373. The van der Waals surface area contributed by atoms with Crippen molar-refractivity contribution in [2.24, 2.45) is 5.73 Å². The number of aromatic nitrogens is 1. The van der Waals surface area contributed by atoms with E-state index in [1.165, 1.54) is 0 Å². The van der Waals surface area contributed by atoms with Crippen molar-refractivity contribution in [1.29, 1.82) is 0 Å². The molecule has 0 unspecified atom stereocenters. The van der Waals surface area contributed by atoms with Crippen LogP contribution in [0.5, 0.6) is 0 Å².